The molecule has 1 fully saturated rings. The van der Waals surface area contributed by atoms with Crippen LogP contribution in [0.3, 0.4) is 0 Å². The number of Topliss-reactive ketones (excluding diaryl/α,β-unsaturated/α-hetero) is 1. The summed E-state index contributed by atoms with van der Waals surface area (Å²) in [4.78, 5) is 10.6. The zero-order chi connectivity index (χ0) is 8.70. The zero-order valence-electron chi connectivity index (χ0n) is 5.86. The van der Waals surface area contributed by atoms with Crippen molar-refractivity contribution < 1.29 is 22.7 Å². The SMILES string of the molecule is CC1(C(=O)C(F)(F)F)COC1. The second-order valence-electron chi connectivity index (χ2n) is 2.88. The monoisotopic (exact) mass is 168 g/mol. The molecule has 1 saturated heterocycles. The Morgan fingerprint density at radius 1 is 1.45 bits per heavy atom. The molecule has 0 amide bonds. The zero-order valence-corrected chi connectivity index (χ0v) is 5.86. The van der Waals surface area contributed by atoms with Crippen LogP contribution in [-0.4, -0.2) is 25.2 Å². The number of carbonyl (C=O) groups excluding carboxylic acids is 1. The van der Waals surface area contributed by atoms with E-state index in [4.69, 9.17) is 0 Å². The lowest BCUT2D eigenvalue weighted by atomic mass is 9.83. The maximum atomic E-state index is 11.8. The van der Waals surface area contributed by atoms with Gasteiger partial charge in [-0.3, -0.25) is 4.79 Å². The first kappa shape index (κ1) is 8.52. The Hall–Kier alpha value is -0.580. The third-order valence-electron chi connectivity index (χ3n) is 1.65. The van der Waals surface area contributed by atoms with Crippen LogP contribution < -0.4 is 0 Å². The smallest absolute Gasteiger partial charge is 0.379 e. The lowest BCUT2D eigenvalue weighted by Gasteiger charge is -2.36. The summed E-state index contributed by atoms with van der Waals surface area (Å²) >= 11 is 0. The average molecular weight is 168 g/mol. The van der Waals surface area contributed by atoms with Gasteiger partial charge >= 0.3 is 6.18 Å². The van der Waals surface area contributed by atoms with E-state index in [1.165, 1.54) is 6.92 Å². The van der Waals surface area contributed by atoms with Gasteiger partial charge in [-0.05, 0) is 6.92 Å². The number of alkyl halides is 3. The Morgan fingerprint density at radius 2 is 1.91 bits per heavy atom. The van der Waals surface area contributed by atoms with E-state index in [1.807, 2.05) is 0 Å². The van der Waals surface area contributed by atoms with Crippen molar-refractivity contribution in [3.05, 3.63) is 0 Å². The van der Waals surface area contributed by atoms with Gasteiger partial charge in [0.05, 0.1) is 18.6 Å². The fraction of sp³-hybridized carbons (Fsp3) is 0.833. The van der Waals surface area contributed by atoms with Crippen LogP contribution in [0.25, 0.3) is 0 Å². The van der Waals surface area contributed by atoms with Gasteiger partial charge < -0.3 is 4.74 Å². The molecule has 0 spiro atoms. The quantitative estimate of drug-likeness (QED) is 0.587. The molecule has 1 rings (SSSR count). The molecule has 64 valence electrons. The highest BCUT2D eigenvalue weighted by molar-refractivity contribution is 5.90. The van der Waals surface area contributed by atoms with Crippen molar-refractivity contribution >= 4 is 5.78 Å². The van der Waals surface area contributed by atoms with Gasteiger partial charge in [-0.2, -0.15) is 13.2 Å². The lowest BCUT2D eigenvalue weighted by molar-refractivity contribution is -0.202. The minimum absolute atomic E-state index is 0.120. The van der Waals surface area contributed by atoms with Crippen LogP contribution in [0.15, 0.2) is 0 Å². The number of ketones is 1. The normalized spacial score (nSPS) is 22.5. The summed E-state index contributed by atoms with van der Waals surface area (Å²) in [6.07, 6.45) is -4.72. The van der Waals surface area contributed by atoms with Crippen LogP contribution in [0.4, 0.5) is 13.2 Å². The van der Waals surface area contributed by atoms with E-state index in [0.29, 0.717) is 0 Å². The molecule has 5 heteroatoms. The summed E-state index contributed by atoms with van der Waals surface area (Å²) in [5, 5.41) is 0. The van der Waals surface area contributed by atoms with Crippen LogP contribution in [0.2, 0.25) is 0 Å². The molecule has 0 unspecified atom stereocenters. The average Bonchev–Trinajstić information content (AvgIpc) is 1.79. The second kappa shape index (κ2) is 2.20. The van der Waals surface area contributed by atoms with Crippen molar-refractivity contribution in [2.45, 2.75) is 13.1 Å². The highest BCUT2D eigenvalue weighted by Crippen LogP contribution is 2.35. The molecule has 0 aliphatic carbocycles. The molecule has 2 nitrogen and oxygen atoms in total. The summed E-state index contributed by atoms with van der Waals surface area (Å²) < 4.78 is 39.8. The summed E-state index contributed by atoms with van der Waals surface area (Å²) in [5.74, 6) is -1.68. The Bertz CT molecular complexity index is 181. The van der Waals surface area contributed by atoms with Crippen LogP contribution in [-0.2, 0) is 9.53 Å². The van der Waals surface area contributed by atoms with E-state index >= 15 is 0 Å². The number of hydrogen-bond acceptors (Lipinski definition) is 2. The van der Waals surface area contributed by atoms with E-state index in [9.17, 15) is 18.0 Å². The molecular formula is C6H7F3O2. The molecule has 1 aliphatic rings. The molecular weight excluding hydrogens is 161 g/mol. The van der Waals surface area contributed by atoms with Gasteiger partial charge in [0, 0.05) is 0 Å². The third kappa shape index (κ3) is 1.38. The highest BCUT2D eigenvalue weighted by Gasteiger charge is 2.53. The summed E-state index contributed by atoms with van der Waals surface area (Å²) in [5.41, 5.74) is -1.32. The molecule has 0 aromatic rings. The van der Waals surface area contributed by atoms with Gasteiger partial charge in [-0.25, -0.2) is 0 Å². The van der Waals surface area contributed by atoms with E-state index < -0.39 is 17.4 Å². The molecule has 0 aromatic carbocycles. The van der Waals surface area contributed by atoms with E-state index in [0.717, 1.165) is 0 Å². The van der Waals surface area contributed by atoms with E-state index in [-0.39, 0.29) is 13.2 Å². The molecule has 0 aromatic heterocycles. The molecule has 1 heterocycles. The van der Waals surface area contributed by atoms with Gasteiger partial charge in [-0.1, -0.05) is 0 Å². The van der Waals surface area contributed by atoms with Crippen LogP contribution in [0, 0.1) is 5.41 Å². The van der Waals surface area contributed by atoms with Crippen LogP contribution in [0.5, 0.6) is 0 Å². The van der Waals surface area contributed by atoms with Crippen molar-refractivity contribution in [1.29, 1.82) is 0 Å². The van der Waals surface area contributed by atoms with Gasteiger partial charge in [0.25, 0.3) is 0 Å². The Kier molecular flexibility index (Phi) is 1.70. The molecule has 0 bridgehead atoms. The Balaban J connectivity index is 2.68. The highest BCUT2D eigenvalue weighted by atomic mass is 19.4. The Morgan fingerprint density at radius 3 is 2.00 bits per heavy atom. The molecule has 0 saturated carbocycles. The summed E-state index contributed by atoms with van der Waals surface area (Å²) in [6.45, 7) is 1.02. The van der Waals surface area contributed by atoms with Crippen molar-refractivity contribution in [2.75, 3.05) is 13.2 Å². The number of hydrogen-bond donors (Lipinski definition) is 0. The molecule has 0 radical (unpaired) electrons. The number of carbonyl (C=O) groups is 1. The minimum Gasteiger partial charge on any atom is -0.379 e. The van der Waals surface area contributed by atoms with Gasteiger partial charge in [0.1, 0.15) is 0 Å². The number of ether oxygens (including phenoxy) is 1. The van der Waals surface area contributed by atoms with Crippen molar-refractivity contribution in [1.82, 2.24) is 0 Å². The Labute approximate surface area is 61.3 Å². The first-order chi connectivity index (χ1) is 4.86. The van der Waals surface area contributed by atoms with Crippen LogP contribution >= 0.6 is 0 Å². The maximum absolute atomic E-state index is 11.8. The first-order valence-electron chi connectivity index (χ1n) is 3.06. The summed E-state index contributed by atoms with van der Waals surface area (Å²) in [7, 11) is 0. The topological polar surface area (TPSA) is 26.3 Å². The molecule has 11 heavy (non-hydrogen) atoms. The van der Waals surface area contributed by atoms with Crippen molar-refractivity contribution in [3.63, 3.8) is 0 Å². The van der Waals surface area contributed by atoms with Gasteiger partial charge in [0.15, 0.2) is 0 Å². The van der Waals surface area contributed by atoms with Crippen molar-refractivity contribution in [2.24, 2.45) is 5.41 Å². The predicted molar refractivity (Wildman–Crippen MR) is 30.0 cm³/mol. The fourth-order valence-corrected chi connectivity index (χ4v) is 0.882. The van der Waals surface area contributed by atoms with E-state index in [2.05, 4.69) is 4.74 Å². The standard InChI is InChI=1S/C6H7F3O2/c1-5(2-11-3-5)4(10)6(7,8)9/h2-3H2,1H3. The van der Waals surface area contributed by atoms with Gasteiger partial charge in [-0.15, -0.1) is 0 Å². The number of rotatable bonds is 1. The minimum atomic E-state index is -4.72. The van der Waals surface area contributed by atoms with Crippen LogP contribution in [0.1, 0.15) is 6.92 Å². The first-order valence-corrected chi connectivity index (χ1v) is 3.06. The molecule has 0 N–H and O–H groups in total. The maximum Gasteiger partial charge on any atom is 0.450 e. The van der Waals surface area contributed by atoms with E-state index in [1.54, 1.807) is 0 Å². The lowest BCUT2D eigenvalue weighted by Crippen LogP contribution is -2.51. The van der Waals surface area contributed by atoms with Crippen molar-refractivity contribution in [3.8, 4) is 0 Å². The molecule has 0 atom stereocenters. The number of halogens is 3. The predicted octanol–water partition coefficient (Wildman–Crippen LogP) is 1.15. The third-order valence-corrected chi connectivity index (χ3v) is 1.65. The second-order valence-corrected chi connectivity index (χ2v) is 2.88. The fourth-order valence-electron chi connectivity index (χ4n) is 0.882. The molecule has 1 aliphatic heterocycles. The summed E-state index contributed by atoms with van der Waals surface area (Å²) in [6, 6.07) is 0. The van der Waals surface area contributed by atoms with Gasteiger partial charge in [0.2, 0.25) is 5.78 Å². The largest absolute Gasteiger partial charge is 0.450 e.